The monoisotopic (exact) mass is 310 g/mol. The van der Waals surface area contributed by atoms with Crippen molar-refractivity contribution in [3.63, 3.8) is 0 Å². The zero-order valence-electron chi connectivity index (χ0n) is 13.7. The number of aryl methyl sites for hydroxylation is 2. The lowest BCUT2D eigenvalue weighted by atomic mass is 10.2. The molecule has 0 aromatic carbocycles. The van der Waals surface area contributed by atoms with Crippen LogP contribution in [0.3, 0.4) is 0 Å². The van der Waals surface area contributed by atoms with Gasteiger partial charge in [-0.05, 0) is 34.6 Å². The van der Waals surface area contributed by atoms with E-state index < -0.39 is 0 Å². The summed E-state index contributed by atoms with van der Waals surface area (Å²) in [5.41, 5.74) is 0.945. The fraction of sp³-hybridized carbons (Fsp3) is 0.733. The molecular formula is C15H26N4OS. The molecule has 0 amide bonds. The number of aromatic nitrogens is 1. The largest absolute Gasteiger partial charge is 0.444 e. The predicted molar refractivity (Wildman–Crippen MR) is 88.9 cm³/mol. The third-order valence-electron chi connectivity index (χ3n) is 3.50. The van der Waals surface area contributed by atoms with Gasteiger partial charge in [0.1, 0.15) is 12.3 Å². The molecule has 1 aliphatic rings. The zero-order chi connectivity index (χ0) is 15.5. The Labute approximate surface area is 131 Å². The van der Waals surface area contributed by atoms with Crippen LogP contribution >= 0.6 is 11.8 Å². The zero-order valence-corrected chi connectivity index (χ0v) is 14.5. The fourth-order valence-corrected chi connectivity index (χ4v) is 3.48. The third-order valence-corrected chi connectivity index (χ3v) is 4.79. The Bertz CT molecular complexity index is 490. The number of hydrogen-bond donors (Lipinski definition) is 1. The van der Waals surface area contributed by atoms with Crippen molar-refractivity contribution < 1.29 is 4.42 Å². The van der Waals surface area contributed by atoms with Crippen molar-refractivity contribution in [3.05, 3.63) is 17.3 Å². The van der Waals surface area contributed by atoms with Crippen LogP contribution in [0.1, 0.15) is 38.1 Å². The Morgan fingerprint density at radius 2 is 2.24 bits per heavy atom. The predicted octanol–water partition coefficient (Wildman–Crippen LogP) is 2.58. The summed E-state index contributed by atoms with van der Waals surface area (Å²) in [7, 11) is 0. The van der Waals surface area contributed by atoms with Crippen LogP contribution in [0, 0.1) is 13.8 Å². The first-order chi connectivity index (χ1) is 9.91. The molecule has 0 atom stereocenters. The summed E-state index contributed by atoms with van der Waals surface area (Å²) >= 11 is 2.02. The van der Waals surface area contributed by atoms with E-state index >= 15 is 0 Å². The maximum Gasteiger partial charge on any atom is 0.216 e. The lowest BCUT2D eigenvalue weighted by Crippen LogP contribution is -2.50. The van der Waals surface area contributed by atoms with Gasteiger partial charge < -0.3 is 14.6 Å². The molecule has 0 saturated carbocycles. The van der Waals surface area contributed by atoms with Crippen molar-refractivity contribution in [1.82, 2.24) is 15.2 Å². The van der Waals surface area contributed by atoms with Crippen LogP contribution in [-0.4, -0.2) is 46.0 Å². The first-order valence-corrected chi connectivity index (χ1v) is 8.50. The van der Waals surface area contributed by atoms with Crippen molar-refractivity contribution in [3.8, 4) is 0 Å². The minimum atomic E-state index is 0.268. The van der Waals surface area contributed by atoms with Crippen molar-refractivity contribution in [2.45, 2.75) is 45.9 Å². The van der Waals surface area contributed by atoms with Gasteiger partial charge in [0.15, 0.2) is 5.96 Å². The molecule has 118 valence electrons. The molecule has 0 aliphatic carbocycles. The Hall–Kier alpha value is -1.17. The quantitative estimate of drug-likeness (QED) is 0.687. The number of guanidine groups is 1. The Balaban J connectivity index is 2.08. The minimum Gasteiger partial charge on any atom is -0.444 e. The molecule has 0 spiro atoms. The molecule has 1 saturated heterocycles. The van der Waals surface area contributed by atoms with Gasteiger partial charge in [-0.3, -0.25) is 0 Å². The molecular weight excluding hydrogens is 284 g/mol. The first kappa shape index (κ1) is 16.2. The summed E-state index contributed by atoms with van der Waals surface area (Å²) in [4.78, 5) is 11.4. The van der Waals surface area contributed by atoms with E-state index in [9.17, 15) is 0 Å². The number of rotatable bonds is 3. The SMILES string of the molecule is CCNC(=NCc1nc(C)c(C)o1)N1CCSC(C)(C)C1. The maximum atomic E-state index is 5.60. The van der Waals surface area contributed by atoms with Crippen molar-refractivity contribution in [2.24, 2.45) is 4.99 Å². The number of nitrogens with one attached hydrogen (secondary N) is 1. The van der Waals surface area contributed by atoms with Crippen molar-refractivity contribution >= 4 is 17.7 Å². The van der Waals surface area contributed by atoms with Crippen LogP contribution < -0.4 is 5.32 Å². The van der Waals surface area contributed by atoms with Gasteiger partial charge in [-0.25, -0.2) is 9.98 Å². The van der Waals surface area contributed by atoms with E-state index in [2.05, 4.69) is 36.0 Å². The van der Waals surface area contributed by atoms with E-state index in [1.54, 1.807) is 0 Å². The molecule has 21 heavy (non-hydrogen) atoms. The number of hydrogen-bond acceptors (Lipinski definition) is 4. The molecule has 1 aromatic rings. The second kappa shape index (κ2) is 6.73. The number of aliphatic imine (C=N–C) groups is 1. The second-order valence-electron chi connectivity index (χ2n) is 5.95. The summed E-state index contributed by atoms with van der Waals surface area (Å²) in [5, 5.41) is 3.38. The molecule has 1 fully saturated rings. The Kier molecular flexibility index (Phi) is 5.19. The van der Waals surface area contributed by atoms with E-state index in [0.29, 0.717) is 12.4 Å². The molecule has 2 rings (SSSR count). The van der Waals surface area contributed by atoms with Crippen LogP contribution in [0.25, 0.3) is 0 Å². The highest BCUT2D eigenvalue weighted by atomic mass is 32.2. The molecule has 0 unspecified atom stereocenters. The van der Waals surface area contributed by atoms with Crippen molar-refractivity contribution in [1.29, 1.82) is 0 Å². The normalized spacial score (nSPS) is 18.9. The van der Waals surface area contributed by atoms with Crippen LogP contribution in [0.2, 0.25) is 0 Å². The van der Waals surface area contributed by atoms with Gasteiger partial charge >= 0.3 is 0 Å². The van der Waals surface area contributed by atoms with Crippen LogP contribution in [0.4, 0.5) is 0 Å². The number of thioether (sulfide) groups is 1. The lowest BCUT2D eigenvalue weighted by Gasteiger charge is -2.39. The van der Waals surface area contributed by atoms with Crippen molar-refractivity contribution in [2.75, 3.05) is 25.4 Å². The molecule has 0 bridgehead atoms. The molecule has 2 heterocycles. The third kappa shape index (κ3) is 4.40. The summed E-state index contributed by atoms with van der Waals surface area (Å²) in [6, 6.07) is 0. The van der Waals surface area contributed by atoms with Gasteiger partial charge in [0, 0.05) is 30.1 Å². The molecule has 1 aromatic heterocycles. The molecule has 5 nitrogen and oxygen atoms in total. The average Bonchev–Trinajstić information content (AvgIpc) is 2.72. The highest BCUT2D eigenvalue weighted by Crippen LogP contribution is 2.29. The Morgan fingerprint density at radius 3 is 2.81 bits per heavy atom. The standard InChI is InChI=1S/C15H26N4OS/c1-6-16-14(19-7-8-21-15(4,5)10-19)17-9-13-18-11(2)12(3)20-13/h6-10H2,1-5H3,(H,16,17). The number of oxazole rings is 1. The van der Waals surface area contributed by atoms with Crippen LogP contribution in [0.15, 0.2) is 9.41 Å². The first-order valence-electron chi connectivity index (χ1n) is 7.51. The van der Waals surface area contributed by atoms with Crippen LogP contribution in [-0.2, 0) is 6.54 Å². The summed E-state index contributed by atoms with van der Waals surface area (Å²) in [6.45, 7) is 14.0. The number of nitrogens with zero attached hydrogens (tertiary/aromatic N) is 3. The van der Waals surface area contributed by atoms with Crippen LogP contribution in [0.5, 0.6) is 0 Å². The second-order valence-corrected chi connectivity index (χ2v) is 7.75. The van der Waals surface area contributed by atoms with Gasteiger partial charge in [0.25, 0.3) is 0 Å². The van der Waals surface area contributed by atoms with E-state index in [4.69, 9.17) is 9.41 Å². The molecule has 0 radical (unpaired) electrons. The minimum absolute atomic E-state index is 0.268. The van der Waals surface area contributed by atoms with E-state index in [1.807, 2.05) is 25.6 Å². The fourth-order valence-electron chi connectivity index (χ4n) is 2.37. The van der Waals surface area contributed by atoms with Gasteiger partial charge in [-0.2, -0.15) is 11.8 Å². The van der Waals surface area contributed by atoms with E-state index in [1.165, 1.54) is 0 Å². The summed E-state index contributed by atoms with van der Waals surface area (Å²) in [6.07, 6.45) is 0. The maximum absolute atomic E-state index is 5.60. The lowest BCUT2D eigenvalue weighted by molar-refractivity contribution is 0.374. The smallest absolute Gasteiger partial charge is 0.216 e. The van der Waals surface area contributed by atoms with Gasteiger partial charge in [0.2, 0.25) is 5.89 Å². The molecule has 1 aliphatic heterocycles. The molecule has 6 heteroatoms. The molecule has 1 N–H and O–H groups in total. The highest BCUT2D eigenvalue weighted by molar-refractivity contribution is 8.00. The van der Waals surface area contributed by atoms with Gasteiger partial charge in [0.05, 0.1) is 5.69 Å². The van der Waals surface area contributed by atoms with Gasteiger partial charge in [-0.15, -0.1) is 0 Å². The van der Waals surface area contributed by atoms with E-state index in [0.717, 1.165) is 42.8 Å². The summed E-state index contributed by atoms with van der Waals surface area (Å²) < 4.78 is 5.87. The highest BCUT2D eigenvalue weighted by Gasteiger charge is 2.28. The summed E-state index contributed by atoms with van der Waals surface area (Å²) in [5.74, 6) is 3.65. The topological polar surface area (TPSA) is 53.7 Å². The average molecular weight is 310 g/mol. The van der Waals surface area contributed by atoms with E-state index in [-0.39, 0.29) is 4.75 Å². The Morgan fingerprint density at radius 1 is 1.48 bits per heavy atom. The van der Waals surface area contributed by atoms with Gasteiger partial charge in [-0.1, -0.05) is 0 Å².